The molecular weight excluding hydrogens is 508 g/mol. The van der Waals surface area contributed by atoms with Crippen LogP contribution in [0.1, 0.15) is 38.4 Å². The zero-order chi connectivity index (χ0) is 27.7. The number of ether oxygens (including phenoxy) is 1. The minimum Gasteiger partial charge on any atom is -0.485 e. The molecule has 0 unspecified atom stereocenters. The van der Waals surface area contributed by atoms with Gasteiger partial charge < -0.3 is 15.2 Å². The molecule has 39 heavy (non-hydrogen) atoms. The van der Waals surface area contributed by atoms with Gasteiger partial charge in [-0.25, -0.2) is 23.6 Å². The summed E-state index contributed by atoms with van der Waals surface area (Å²) < 4.78 is 35.6. The zero-order valence-corrected chi connectivity index (χ0v) is 21.2. The van der Waals surface area contributed by atoms with Crippen molar-refractivity contribution in [3.05, 3.63) is 106 Å². The number of amides is 2. The lowest BCUT2D eigenvalue weighted by atomic mass is 10.0. The second-order valence-electron chi connectivity index (χ2n) is 9.07. The van der Waals surface area contributed by atoms with Crippen LogP contribution in [0.2, 0.25) is 0 Å². The summed E-state index contributed by atoms with van der Waals surface area (Å²) >= 11 is 0. The molecule has 5 rings (SSSR count). The maximum atomic E-state index is 14.1. The lowest BCUT2D eigenvalue weighted by Gasteiger charge is -2.16. The Labute approximate surface area is 222 Å². The summed E-state index contributed by atoms with van der Waals surface area (Å²) in [4.78, 5) is 29.1. The summed E-state index contributed by atoms with van der Waals surface area (Å²) in [6, 6.07) is 12.7. The van der Waals surface area contributed by atoms with E-state index >= 15 is 0 Å². The van der Waals surface area contributed by atoms with Crippen LogP contribution in [-0.2, 0) is 13.2 Å². The van der Waals surface area contributed by atoms with E-state index < -0.39 is 17.7 Å². The molecule has 3 heterocycles. The summed E-state index contributed by atoms with van der Waals surface area (Å²) in [6.07, 6.45) is 2.41. The number of hydrogen-bond donors (Lipinski definition) is 3. The standard InChI is InChI=1S/C28H25F2N5O4/c1-16-12-24(39-15-20-21(29)8-5-9-22(20)30)26-32-17(2)25(34(26)14-16)27(36)31-13-18-6-3-4-7-19(18)23-10-11-35(33-23)28(37)38/h3-10,12,14,33H,11,13,15H2,1-2H3,(H,31,36)(H,37,38). The molecule has 0 saturated carbocycles. The Morgan fingerprint density at radius 3 is 2.59 bits per heavy atom. The molecule has 9 nitrogen and oxygen atoms in total. The highest BCUT2D eigenvalue weighted by Gasteiger charge is 2.23. The Morgan fingerprint density at radius 1 is 1.13 bits per heavy atom. The number of halogens is 2. The van der Waals surface area contributed by atoms with Gasteiger partial charge in [0, 0.05) is 18.3 Å². The highest BCUT2D eigenvalue weighted by Crippen LogP contribution is 2.26. The average molecular weight is 534 g/mol. The topological polar surface area (TPSA) is 108 Å². The molecule has 0 saturated heterocycles. The molecular formula is C28H25F2N5O4. The highest BCUT2D eigenvalue weighted by atomic mass is 19.1. The van der Waals surface area contributed by atoms with E-state index in [0.717, 1.165) is 33.8 Å². The Kier molecular flexibility index (Phi) is 6.88. The molecule has 200 valence electrons. The number of hydrazine groups is 1. The number of nitrogens with zero attached hydrogens (tertiary/aromatic N) is 3. The number of rotatable bonds is 7. The van der Waals surface area contributed by atoms with E-state index in [1.165, 1.54) is 6.07 Å². The van der Waals surface area contributed by atoms with Crippen LogP contribution in [0.25, 0.3) is 11.3 Å². The van der Waals surface area contributed by atoms with Crippen molar-refractivity contribution in [1.29, 1.82) is 0 Å². The molecule has 3 N–H and O–H groups in total. The third kappa shape index (κ3) is 5.11. The van der Waals surface area contributed by atoms with Gasteiger partial charge in [0.25, 0.3) is 5.91 Å². The Bertz CT molecular complexity index is 1610. The molecule has 0 aliphatic carbocycles. The predicted octanol–water partition coefficient (Wildman–Crippen LogP) is 4.58. The van der Waals surface area contributed by atoms with E-state index in [-0.39, 0.29) is 36.9 Å². The van der Waals surface area contributed by atoms with Gasteiger partial charge in [-0.15, -0.1) is 0 Å². The third-order valence-electron chi connectivity index (χ3n) is 6.36. The molecule has 4 aromatic rings. The second kappa shape index (κ2) is 10.4. The molecule has 2 aromatic carbocycles. The normalized spacial score (nSPS) is 12.8. The van der Waals surface area contributed by atoms with Crippen LogP contribution in [0.4, 0.5) is 13.6 Å². The van der Waals surface area contributed by atoms with Gasteiger partial charge in [0.05, 0.1) is 23.5 Å². The number of hydrogen-bond acceptors (Lipinski definition) is 5. The average Bonchev–Trinajstić information content (AvgIpc) is 3.52. The van der Waals surface area contributed by atoms with Crippen LogP contribution < -0.4 is 15.5 Å². The van der Waals surface area contributed by atoms with Crippen molar-refractivity contribution >= 4 is 23.3 Å². The second-order valence-corrected chi connectivity index (χ2v) is 9.07. The highest BCUT2D eigenvalue weighted by molar-refractivity contribution is 5.95. The summed E-state index contributed by atoms with van der Waals surface area (Å²) in [5, 5.41) is 13.2. The summed E-state index contributed by atoms with van der Waals surface area (Å²) in [5.41, 5.74) is 6.68. The Morgan fingerprint density at radius 2 is 1.87 bits per heavy atom. The lowest BCUT2D eigenvalue weighted by Crippen LogP contribution is -2.36. The number of pyridine rings is 1. The molecule has 0 fully saturated rings. The van der Waals surface area contributed by atoms with Gasteiger partial charge in [0.1, 0.15) is 23.9 Å². The first-order valence-electron chi connectivity index (χ1n) is 12.1. The first-order valence-corrected chi connectivity index (χ1v) is 12.1. The minimum absolute atomic E-state index is 0.176. The first-order chi connectivity index (χ1) is 18.7. The number of aryl methyl sites for hydroxylation is 2. The molecule has 0 spiro atoms. The largest absolute Gasteiger partial charge is 0.485 e. The van der Waals surface area contributed by atoms with Gasteiger partial charge in [-0.3, -0.25) is 14.6 Å². The van der Waals surface area contributed by atoms with E-state index in [4.69, 9.17) is 4.74 Å². The van der Waals surface area contributed by atoms with Crippen molar-refractivity contribution in [3.63, 3.8) is 0 Å². The van der Waals surface area contributed by atoms with Gasteiger partial charge in [-0.1, -0.05) is 30.3 Å². The number of carboxylic acid groups (broad SMARTS) is 1. The van der Waals surface area contributed by atoms with Crippen LogP contribution in [0, 0.1) is 25.5 Å². The smallest absolute Gasteiger partial charge is 0.426 e. The maximum Gasteiger partial charge on any atom is 0.426 e. The molecule has 0 radical (unpaired) electrons. The van der Waals surface area contributed by atoms with Crippen molar-refractivity contribution in [2.45, 2.75) is 27.0 Å². The van der Waals surface area contributed by atoms with Crippen molar-refractivity contribution < 1.29 is 28.2 Å². The number of nitrogens with one attached hydrogen (secondary N) is 2. The van der Waals surface area contributed by atoms with Gasteiger partial charge in [0.2, 0.25) is 0 Å². The maximum absolute atomic E-state index is 14.1. The van der Waals surface area contributed by atoms with E-state index in [1.807, 2.05) is 31.2 Å². The van der Waals surface area contributed by atoms with Crippen LogP contribution in [0.15, 0.2) is 60.8 Å². The molecule has 1 aliphatic heterocycles. The van der Waals surface area contributed by atoms with Crippen LogP contribution in [0.5, 0.6) is 5.75 Å². The lowest BCUT2D eigenvalue weighted by molar-refractivity contribution is 0.0944. The quantitative estimate of drug-likeness (QED) is 0.321. The monoisotopic (exact) mass is 533 g/mol. The molecule has 1 aliphatic rings. The third-order valence-corrected chi connectivity index (χ3v) is 6.36. The fourth-order valence-corrected chi connectivity index (χ4v) is 4.47. The minimum atomic E-state index is -1.09. The fraction of sp³-hybridized carbons (Fsp3) is 0.179. The number of imidazole rings is 1. The SMILES string of the molecule is Cc1cc(OCc2c(F)cccc2F)c2nc(C)c(C(=O)NCc3ccccc3C3=CCN(C(=O)O)N3)n2c1. The number of carbonyl (C=O) groups is 2. The molecule has 0 bridgehead atoms. The fourth-order valence-electron chi connectivity index (χ4n) is 4.47. The molecule has 11 heteroatoms. The van der Waals surface area contributed by atoms with Gasteiger partial charge in [-0.05, 0) is 49.2 Å². The van der Waals surface area contributed by atoms with Crippen molar-refractivity contribution in [1.82, 2.24) is 25.1 Å². The van der Waals surface area contributed by atoms with Crippen molar-refractivity contribution in [2.75, 3.05) is 6.54 Å². The molecule has 2 amide bonds. The Hall–Kier alpha value is -4.93. The van der Waals surface area contributed by atoms with E-state index in [9.17, 15) is 23.5 Å². The number of carbonyl (C=O) groups excluding carboxylic acids is 1. The van der Waals surface area contributed by atoms with Crippen LogP contribution in [0.3, 0.4) is 0 Å². The van der Waals surface area contributed by atoms with E-state index in [0.29, 0.717) is 22.7 Å². The number of benzene rings is 2. The number of fused-ring (bicyclic) bond motifs is 1. The van der Waals surface area contributed by atoms with Crippen LogP contribution >= 0.6 is 0 Å². The van der Waals surface area contributed by atoms with Crippen LogP contribution in [-0.4, -0.2) is 38.0 Å². The van der Waals surface area contributed by atoms with E-state index in [2.05, 4.69) is 15.7 Å². The summed E-state index contributed by atoms with van der Waals surface area (Å²) in [6.45, 7) is 3.55. The molecule has 0 atom stereocenters. The van der Waals surface area contributed by atoms with Gasteiger partial charge >= 0.3 is 6.09 Å². The van der Waals surface area contributed by atoms with Crippen molar-refractivity contribution in [3.8, 4) is 5.75 Å². The summed E-state index contributed by atoms with van der Waals surface area (Å²) in [7, 11) is 0. The zero-order valence-electron chi connectivity index (χ0n) is 21.2. The Balaban J connectivity index is 1.37. The van der Waals surface area contributed by atoms with E-state index in [1.54, 1.807) is 29.7 Å². The summed E-state index contributed by atoms with van der Waals surface area (Å²) in [5.74, 6) is -1.52. The first kappa shape index (κ1) is 25.7. The molecule has 2 aromatic heterocycles. The number of aromatic nitrogens is 2. The predicted molar refractivity (Wildman–Crippen MR) is 139 cm³/mol. The van der Waals surface area contributed by atoms with Crippen molar-refractivity contribution in [2.24, 2.45) is 0 Å². The van der Waals surface area contributed by atoms with Gasteiger partial charge in [-0.2, -0.15) is 0 Å². The van der Waals surface area contributed by atoms with Gasteiger partial charge in [0.15, 0.2) is 11.4 Å².